The Labute approximate surface area is 76.0 Å². The van der Waals surface area contributed by atoms with Crippen molar-refractivity contribution in [3.63, 3.8) is 0 Å². The number of carboxylic acid groups (broad SMARTS) is 1. The fourth-order valence-corrected chi connectivity index (χ4v) is 0.592. The predicted octanol–water partition coefficient (Wildman–Crippen LogP) is -1.45. The monoisotopic (exact) mass is 190 g/mol. The number of ether oxygens (including phenoxy) is 1. The molecule has 0 saturated carbocycles. The van der Waals surface area contributed by atoms with Gasteiger partial charge in [0.2, 0.25) is 0 Å². The largest absolute Gasteiger partial charge is 0.480 e. The molecule has 0 aromatic heterocycles. The number of aliphatic carboxylic acids is 1. The van der Waals surface area contributed by atoms with E-state index in [-0.39, 0.29) is 19.7 Å². The molecule has 0 fully saturated rings. The highest BCUT2D eigenvalue weighted by atomic mass is 16.5. The summed E-state index contributed by atoms with van der Waals surface area (Å²) in [7, 11) is 0. The molecule has 0 spiro atoms. The number of carbonyl (C=O) groups is 2. The van der Waals surface area contributed by atoms with Crippen molar-refractivity contribution >= 4 is 11.9 Å². The van der Waals surface area contributed by atoms with Gasteiger partial charge in [0.1, 0.15) is 0 Å². The molecule has 0 saturated heterocycles. The Bertz CT molecular complexity index is 172. The van der Waals surface area contributed by atoms with Gasteiger partial charge in [-0.1, -0.05) is 0 Å². The maximum absolute atomic E-state index is 10.8. The number of rotatable bonds is 7. The lowest BCUT2D eigenvalue weighted by Gasteiger charge is -2.03. The zero-order chi connectivity index (χ0) is 10.1. The van der Waals surface area contributed by atoms with Crippen molar-refractivity contribution in [2.45, 2.75) is 6.42 Å². The summed E-state index contributed by atoms with van der Waals surface area (Å²) in [4.78, 5) is 20.8. The molecule has 0 aromatic carbocycles. The van der Waals surface area contributed by atoms with Crippen LogP contribution in [0.2, 0.25) is 0 Å². The Morgan fingerprint density at radius 1 is 1.38 bits per heavy atom. The molecule has 0 amide bonds. The van der Waals surface area contributed by atoms with Crippen LogP contribution in [0.4, 0.5) is 0 Å². The second-order valence-corrected chi connectivity index (χ2v) is 2.36. The summed E-state index contributed by atoms with van der Waals surface area (Å²) in [6.45, 7) is 0.419. The first-order valence-corrected chi connectivity index (χ1v) is 3.95. The molecule has 4 N–H and O–H groups in total. The molecule has 0 aliphatic heterocycles. The van der Waals surface area contributed by atoms with E-state index in [2.05, 4.69) is 10.1 Å². The van der Waals surface area contributed by atoms with Crippen molar-refractivity contribution in [2.24, 2.45) is 5.73 Å². The van der Waals surface area contributed by atoms with Crippen LogP contribution in [0.5, 0.6) is 0 Å². The van der Waals surface area contributed by atoms with E-state index in [1.807, 2.05) is 0 Å². The van der Waals surface area contributed by atoms with E-state index >= 15 is 0 Å². The fraction of sp³-hybridized carbons (Fsp3) is 0.714. The van der Waals surface area contributed by atoms with E-state index in [1.54, 1.807) is 0 Å². The second-order valence-electron chi connectivity index (χ2n) is 2.36. The van der Waals surface area contributed by atoms with Crippen LogP contribution < -0.4 is 11.1 Å². The van der Waals surface area contributed by atoms with E-state index in [9.17, 15) is 9.59 Å². The Morgan fingerprint density at radius 3 is 2.62 bits per heavy atom. The van der Waals surface area contributed by atoms with E-state index < -0.39 is 11.9 Å². The van der Waals surface area contributed by atoms with Gasteiger partial charge in [0.15, 0.2) is 0 Å². The molecule has 0 radical (unpaired) electrons. The molecule has 0 aromatic rings. The molecule has 0 unspecified atom stereocenters. The number of nitrogens with two attached hydrogens (primary N) is 1. The number of hydrogen-bond donors (Lipinski definition) is 3. The normalized spacial score (nSPS) is 9.62. The lowest BCUT2D eigenvalue weighted by molar-refractivity contribution is -0.142. The molecule has 6 nitrogen and oxygen atoms in total. The third kappa shape index (κ3) is 8.77. The van der Waals surface area contributed by atoms with Gasteiger partial charge in [0.25, 0.3) is 0 Å². The Kier molecular flexibility index (Phi) is 6.85. The first-order chi connectivity index (χ1) is 6.16. The van der Waals surface area contributed by atoms with Gasteiger partial charge in [-0.2, -0.15) is 0 Å². The Morgan fingerprint density at radius 2 is 2.08 bits per heavy atom. The van der Waals surface area contributed by atoms with Crippen molar-refractivity contribution in [1.82, 2.24) is 5.32 Å². The van der Waals surface area contributed by atoms with E-state index in [4.69, 9.17) is 10.8 Å². The van der Waals surface area contributed by atoms with E-state index in [0.29, 0.717) is 13.0 Å². The molecule has 13 heavy (non-hydrogen) atoms. The van der Waals surface area contributed by atoms with Gasteiger partial charge >= 0.3 is 11.9 Å². The minimum Gasteiger partial charge on any atom is -0.480 e. The maximum Gasteiger partial charge on any atom is 0.319 e. The Balaban J connectivity index is 3.25. The van der Waals surface area contributed by atoms with Gasteiger partial charge in [-0.05, 0) is 13.0 Å². The molecule has 0 atom stereocenters. The third-order valence-electron chi connectivity index (χ3n) is 1.16. The first-order valence-electron chi connectivity index (χ1n) is 3.95. The smallest absolute Gasteiger partial charge is 0.319 e. The molecular formula is C7H14N2O4. The Hall–Kier alpha value is -1.14. The molecule has 76 valence electrons. The number of carboxylic acids is 1. The molecule has 0 aliphatic rings. The summed E-state index contributed by atoms with van der Waals surface area (Å²) in [5, 5.41) is 10.6. The lowest BCUT2D eigenvalue weighted by Crippen LogP contribution is -2.29. The minimum absolute atomic E-state index is 0.0864. The standard InChI is InChI=1S/C7H14N2O4/c8-2-1-3-13-7(12)5-9-4-6(10)11/h9H,1-5,8H2,(H,10,11). The van der Waals surface area contributed by atoms with Crippen LogP contribution in [0.15, 0.2) is 0 Å². The van der Waals surface area contributed by atoms with Crippen LogP contribution in [0.25, 0.3) is 0 Å². The van der Waals surface area contributed by atoms with Crippen LogP contribution in [-0.2, 0) is 14.3 Å². The van der Waals surface area contributed by atoms with Gasteiger partial charge in [-0.3, -0.25) is 14.9 Å². The quantitative estimate of drug-likeness (QED) is 0.335. The highest BCUT2D eigenvalue weighted by Crippen LogP contribution is 1.80. The SMILES string of the molecule is NCCCOC(=O)CNCC(=O)O. The average Bonchev–Trinajstić information content (AvgIpc) is 2.04. The number of carbonyl (C=O) groups excluding carboxylic acids is 1. The van der Waals surface area contributed by atoms with Gasteiger partial charge in [-0.15, -0.1) is 0 Å². The topological polar surface area (TPSA) is 102 Å². The number of esters is 1. The van der Waals surface area contributed by atoms with E-state index in [1.165, 1.54) is 0 Å². The minimum atomic E-state index is -1.00. The van der Waals surface area contributed by atoms with Gasteiger partial charge in [-0.25, -0.2) is 0 Å². The van der Waals surface area contributed by atoms with Crippen LogP contribution in [0.3, 0.4) is 0 Å². The first kappa shape index (κ1) is 11.9. The highest BCUT2D eigenvalue weighted by Gasteiger charge is 2.02. The summed E-state index contributed by atoms with van der Waals surface area (Å²) >= 11 is 0. The summed E-state index contributed by atoms with van der Waals surface area (Å²) in [6.07, 6.45) is 0.616. The predicted molar refractivity (Wildman–Crippen MR) is 45.1 cm³/mol. The zero-order valence-electron chi connectivity index (χ0n) is 7.28. The number of nitrogens with one attached hydrogen (secondary N) is 1. The van der Waals surface area contributed by atoms with Crippen LogP contribution in [0, 0.1) is 0 Å². The summed E-state index contributed by atoms with van der Waals surface area (Å²) in [5.74, 6) is -1.47. The maximum atomic E-state index is 10.8. The highest BCUT2D eigenvalue weighted by molar-refractivity contribution is 5.73. The summed E-state index contributed by atoms with van der Waals surface area (Å²) in [5.41, 5.74) is 5.17. The van der Waals surface area contributed by atoms with Crippen molar-refractivity contribution in [1.29, 1.82) is 0 Å². The summed E-state index contributed by atoms with van der Waals surface area (Å²) < 4.78 is 4.69. The molecule has 0 aliphatic carbocycles. The van der Waals surface area contributed by atoms with Crippen molar-refractivity contribution in [2.75, 3.05) is 26.2 Å². The van der Waals surface area contributed by atoms with Gasteiger partial charge < -0.3 is 15.6 Å². The molecule has 0 heterocycles. The number of hydrogen-bond acceptors (Lipinski definition) is 5. The lowest BCUT2D eigenvalue weighted by atomic mass is 10.5. The van der Waals surface area contributed by atoms with Crippen molar-refractivity contribution < 1.29 is 19.4 Å². The molecule has 0 bridgehead atoms. The fourth-order valence-electron chi connectivity index (χ4n) is 0.592. The third-order valence-corrected chi connectivity index (χ3v) is 1.16. The zero-order valence-corrected chi connectivity index (χ0v) is 7.28. The molecule has 6 heteroatoms. The van der Waals surface area contributed by atoms with Gasteiger partial charge in [0.05, 0.1) is 19.7 Å². The van der Waals surface area contributed by atoms with Crippen molar-refractivity contribution in [3.8, 4) is 0 Å². The molecule has 0 rings (SSSR count). The average molecular weight is 190 g/mol. The van der Waals surface area contributed by atoms with Crippen LogP contribution >= 0.6 is 0 Å². The van der Waals surface area contributed by atoms with Gasteiger partial charge in [0, 0.05) is 0 Å². The second kappa shape index (κ2) is 7.51. The van der Waals surface area contributed by atoms with Crippen LogP contribution in [-0.4, -0.2) is 43.3 Å². The van der Waals surface area contributed by atoms with Crippen LogP contribution in [0.1, 0.15) is 6.42 Å². The van der Waals surface area contributed by atoms with Crippen molar-refractivity contribution in [3.05, 3.63) is 0 Å². The van der Waals surface area contributed by atoms with E-state index in [0.717, 1.165) is 0 Å². The molecular weight excluding hydrogens is 176 g/mol. The summed E-state index contributed by atoms with van der Waals surface area (Å²) in [6, 6.07) is 0.